The van der Waals surface area contributed by atoms with Crippen LogP contribution in [0.4, 0.5) is 0 Å². The maximum atomic E-state index is 3.90. The molecule has 0 radical (unpaired) electrons. The Morgan fingerprint density at radius 2 is 1.54 bits per heavy atom. The predicted octanol–water partition coefficient (Wildman–Crippen LogP) is 4.86. The van der Waals surface area contributed by atoms with E-state index in [0.717, 1.165) is 13.0 Å². The van der Waals surface area contributed by atoms with Crippen molar-refractivity contribution < 1.29 is 0 Å². The Morgan fingerprint density at radius 3 is 2.32 bits per heavy atom. The number of likely N-dealkylation sites (N-methyl/N-ethyl adjacent to an activating group) is 1. The van der Waals surface area contributed by atoms with E-state index in [9.17, 15) is 0 Å². The minimum absolute atomic E-state index is 0.167. The lowest BCUT2D eigenvalue weighted by atomic mass is 9.92. The van der Waals surface area contributed by atoms with Gasteiger partial charge in [0.1, 0.15) is 0 Å². The molecule has 0 bridgehead atoms. The van der Waals surface area contributed by atoms with Gasteiger partial charge < -0.3 is 4.98 Å². The molecule has 4 aromatic rings. The Balaban J connectivity index is 1.53. The zero-order chi connectivity index (χ0) is 18.9. The molecule has 0 amide bonds. The first-order valence-electron chi connectivity index (χ1n) is 9.94. The van der Waals surface area contributed by atoms with Crippen molar-refractivity contribution >= 4 is 10.9 Å². The van der Waals surface area contributed by atoms with Gasteiger partial charge in [-0.2, -0.15) is 0 Å². The highest BCUT2D eigenvalue weighted by molar-refractivity contribution is 5.85. The van der Waals surface area contributed by atoms with Crippen LogP contribution in [0.2, 0.25) is 0 Å². The molecule has 0 saturated heterocycles. The summed E-state index contributed by atoms with van der Waals surface area (Å²) >= 11 is 0. The molecule has 0 saturated carbocycles. The molecule has 0 aliphatic carbocycles. The van der Waals surface area contributed by atoms with Gasteiger partial charge in [0.15, 0.2) is 0 Å². The zero-order valence-corrected chi connectivity index (χ0v) is 16.1. The summed E-state index contributed by atoms with van der Waals surface area (Å²) in [4.78, 5) is 6.12. The molecule has 3 heteroatoms. The molecular formula is C25H25N3. The Morgan fingerprint density at radius 1 is 0.857 bits per heavy atom. The minimum atomic E-state index is 0.167. The van der Waals surface area contributed by atoms with Crippen LogP contribution in [0.1, 0.15) is 28.4 Å². The summed E-state index contributed by atoms with van der Waals surface area (Å²) in [5, 5.41) is 5.25. The Hall–Kier alpha value is -2.88. The molecule has 5 rings (SSSR count). The van der Waals surface area contributed by atoms with Crippen molar-refractivity contribution in [2.75, 3.05) is 7.05 Å². The number of nitrogens with one attached hydrogen (secondary N) is 2. The number of hydrogen-bond donors (Lipinski definition) is 2. The van der Waals surface area contributed by atoms with Crippen LogP contribution in [0, 0.1) is 0 Å². The second-order valence-corrected chi connectivity index (χ2v) is 7.69. The highest BCUT2D eigenvalue weighted by Crippen LogP contribution is 2.35. The summed E-state index contributed by atoms with van der Waals surface area (Å²) in [6.07, 6.45) is 1.27. The van der Waals surface area contributed by atoms with Crippen molar-refractivity contribution in [1.82, 2.24) is 15.2 Å². The van der Waals surface area contributed by atoms with Gasteiger partial charge in [0.25, 0.3) is 0 Å². The maximum Gasteiger partial charge on any atom is 0.0744 e. The number of H-pyrrole nitrogens is 1. The quantitative estimate of drug-likeness (QED) is 0.540. The molecule has 1 aliphatic rings. The van der Waals surface area contributed by atoms with Gasteiger partial charge in [-0.3, -0.25) is 10.2 Å². The zero-order valence-electron chi connectivity index (χ0n) is 16.1. The SMILES string of the molecule is CN(Cc1ccccc1)[C@@H]1Cc2c([nH]c3ccccc23)[C@H](c2ccccc2)N1. The summed E-state index contributed by atoms with van der Waals surface area (Å²) < 4.78 is 0. The molecule has 2 atom stereocenters. The van der Waals surface area contributed by atoms with E-state index in [2.05, 4.69) is 107 Å². The third-order valence-corrected chi connectivity index (χ3v) is 5.83. The van der Waals surface area contributed by atoms with Crippen molar-refractivity contribution in [1.29, 1.82) is 0 Å². The van der Waals surface area contributed by atoms with E-state index < -0.39 is 0 Å². The Kier molecular flexibility index (Phi) is 4.47. The largest absolute Gasteiger partial charge is 0.357 e. The van der Waals surface area contributed by atoms with Gasteiger partial charge in [-0.15, -0.1) is 0 Å². The van der Waals surface area contributed by atoms with E-state index in [1.807, 2.05) is 0 Å². The molecule has 0 fully saturated rings. The first kappa shape index (κ1) is 17.2. The standard InChI is InChI=1S/C25H25N3/c1-28(17-18-10-4-2-5-11-18)23-16-21-20-14-8-9-15-22(20)26-25(21)24(27-23)19-12-6-3-7-13-19/h2-15,23-24,26-27H,16-17H2,1H3/t23-,24+/m1/s1. The van der Waals surface area contributed by atoms with Crippen LogP contribution >= 0.6 is 0 Å². The van der Waals surface area contributed by atoms with E-state index in [-0.39, 0.29) is 12.2 Å². The summed E-state index contributed by atoms with van der Waals surface area (Å²) in [6.45, 7) is 0.928. The first-order valence-corrected chi connectivity index (χ1v) is 9.94. The van der Waals surface area contributed by atoms with Crippen LogP contribution in [0.5, 0.6) is 0 Å². The Labute approximate surface area is 166 Å². The number of fused-ring (bicyclic) bond motifs is 3. The van der Waals surface area contributed by atoms with Gasteiger partial charge >= 0.3 is 0 Å². The number of aromatic nitrogens is 1. The fourth-order valence-electron chi connectivity index (χ4n) is 4.39. The van der Waals surface area contributed by atoms with E-state index in [1.54, 1.807) is 0 Å². The van der Waals surface area contributed by atoms with Crippen molar-refractivity contribution in [2.45, 2.75) is 25.2 Å². The highest BCUT2D eigenvalue weighted by atomic mass is 15.3. The maximum absolute atomic E-state index is 3.90. The van der Waals surface area contributed by atoms with Crippen LogP contribution in [0.3, 0.4) is 0 Å². The number of aromatic amines is 1. The molecule has 1 aliphatic heterocycles. The second kappa shape index (κ2) is 7.27. The third kappa shape index (κ3) is 3.13. The second-order valence-electron chi connectivity index (χ2n) is 7.69. The van der Waals surface area contributed by atoms with Gasteiger partial charge in [0.2, 0.25) is 0 Å². The molecule has 1 aromatic heterocycles. The van der Waals surface area contributed by atoms with E-state index in [0.29, 0.717) is 0 Å². The monoisotopic (exact) mass is 367 g/mol. The summed E-state index contributed by atoms with van der Waals surface area (Å²) in [6, 6.07) is 30.3. The number of rotatable bonds is 4. The molecular weight excluding hydrogens is 342 g/mol. The van der Waals surface area contributed by atoms with Crippen LogP contribution < -0.4 is 5.32 Å². The molecule has 0 spiro atoms. The number of hydrogen-bond acceptors (Lipinski definition) is 2. The van der Waals surface area contributed by atoms with Crippen molar-refractivity contribution in [3.8, 4) is 0 Å². The first-order chi connectivity index (χ1) is 13.8. The van der Waals surface area contributed by atoms with Crippen molar-refractivity contribution in [2.24, 2.45) is 0 Å². The van der Waals surface area contributed by atoms with Gasteiger partial charge in [0, 0.05) is 29.6 Å². The number of benzene rings is 3. The normalized spacial score (nSPS) is 19.1. The molecule has 3 aromatic carbocycles. The van der Waals surface area contributed by atoms with Crippen LogP contribution in [0.25, 0.3) is 10.9 Å². The molecule has 2 heterocycles. The predicted molar refractivity (Wildman–Crippen MR) is 115 cm³/mol. The summed E-state index contributed by atoms with van der Waals surface area (Å²) in [5.74, 6) is 0. The molecule has 3 nitrogen and oxygen atoms in total. The molecule has 0 unspecified atom stereocenters. The lowest BCUT2D eigenvalue weighted by Crippen LogP contribution is -2.49. The van der Waals surface area contributed by atoms with Gasteiger partial charge in [-0.1, -0.05) is 78.9 Å². The third-order valence-electron chi connectivity index (χ3n) is 5.83. The smallest absolute Gasteiger partial charge is 0.0744 e. The van der Waals surface area contributed by atoms with Crippen LogP contribution in [-0.2, 0) is 13.0 Å². The van der Waals surface area contributed by atoms with E-state index in [1.165, 1.54) is 33.3 Å². The molecule has 28 heavy (non-hydrogen) atoms. The van der Waals surface area contributed by atoms with Crippen LogP contribution in [0.15, 0.2) is 84.9 Å². The Bertz CT molecular complexity index is 1070. The number of nitrogens with zero attached hydrogens (tertiary/aromatic N) is 1. The fraction of sp³-hybridized carbons (Fsp3) is 0.200. The fourth-order valence-corrected chi connectivity index (χ4v) is 4.39. The average molecular weight is 367 g/mol. The molecule has 140 valence electrons. The summed E-state index contributed by atoms with van der Waals surface area (Å²) in [5.41, 5.74) is 6.60. The van der Waals surface area contributed by atoms with Gasteiger partial charge in [0.05, 0.1) is 12.2 Å². The van der Waals surface area contributed by atoms with Crippen molar-refractivity contribution in [3.63, 3.8) is 0 Å². The lowest BCUT2D eigenvalue weighted by Gasteiger charge is -2.37. The van der Waals surface area contributed by atoms with E-state index >= 15 is 0 Å². The minimum Gasteiger partial charge on any atom is -0.357 e. The topological polar surface area (TPSA) is 31.1 Å². The lowest BCUT2D eigenvalue weighted by molar-refractivity contribution is 0.175. The number of para-hydroxylation sites is 1. The average Bonchev–Trinajstić information content (AvgIpc) is 3.13. The van der Waals surface area contributed by atoms with Crippen molar-refractivity contribution in [3.05, 3.63) is 107 Å². The highest BCUT2D eigenvalue weighted by Gasteiger charge is 2.32. The van der Waals surface area contributed by atoms with Gasteiger partial charge in [-0.05, 0) is 29.8 Å². The van der Waals surface area contributed by atoms with Crippen LogP contribution in [-0.4, -0.2) is 23.1 Å². The van der Waals surface area contributed by atoms with E-state index in [4.69, 9.17) is 0 Å². The summed E-state index contributed by atoms with van der Waals surface area (Å²) in [7, 11) is 2.21. The molecule has 2 N–H and O–H groups in total. The van der Waals surface area contributed by atoms with Gasteiger partial charge in [-0.25, -0.2) is 0 Å².